The summed E-state index contributed by atoms with van der Waals surface area (Å²) in [5.74, 6) is 0. The zero-order valence-corrected chi connectivity index (χ0v) is 14.6. The van der Waals surface area contributed by atoms with Crippen LogP contribution in [-0.4, -0.2) is 14.5 Å². The first-order valence-electron chi connectivity index (χ1n) is 8.25. The average molecular weight is 343 g/mol. The highest BCUT2D eigenvalue weighted by atomic mass is 15.3. The van der Waals surface area contributed by atoms with Crippen LogP contribution in [0, 0.1) is 29.6 Å². The zero-order chi connectivity index (χ0) is 18.7. The molecule has 0 spiro atoms. The molecule has 129 valence electrons. The topological polar surface area (TPSA) is 94.7 Å². The number of hydrogen-bond donors (Lipinski definition) is 1. The average Bonchev–Trinajstić information content (AvgIpc) is 3.17. The molecule has 1 aromatic carbocycles. The van der Waals surface area contributed by atoms with Crippen molar-refractivity contribution in [3.8, 4) is 12.1 Å². The Hall–Kier alpha value is -3.51. The van der Waals surface area contributed by atoms with Crippen LogP contribution in [0.1, 0.15) is 31.5 Å². The van der Waals surface area contributed by atoms with Gasteiger partial charge in [-0.2, -0.15) is 10.5 Å². The normalized spacial score (nSPS) is 15.6. The largest absolute Gasteiger partial charge is 0.399 e. The van der Waals surface area contributed by atoms with Gasteiger partial charge in [-0.3, -0.25) is 0 Å². The molecule has 2 aromatic rings. The van der Waals surface area contributed by atoms with Crippen LogP contribution in [0.2, 0.25) is 0 Å². The second-order valence-corrected chi connectivity index (χ2v) is 6.07. The maximum Gasteiger partial charge on any atom is 0.111 e. The van der Waals surface area contributed by atoms with Gasteiger partial charge in [0.25, 0.3) is 0 Å². The van der Waals surface area contributed by atoms with Crippen molar-refractivity contribution in [2.24, 2.45) is 0 Å². The molecule has 0 bridgehead atoms. The van der Waals surface area contributed by atoms with E-state index >= 15 is 0 Å². The van der Waals surface area contributed by atoms with E-state index in [4.69, 9.17) is 5.73 Å². The Balaban J connectivity index is 2.24. The second kappa shape index (κ2) is 7.16. The van der Waals surface area contributed by atoms with Crippen molar-refractivity contribution in [3.63, 3.8) is 0 Å². The van der Waals surface area contributed by atoms with E-state index in [-0.39, 0.29) is 6.17 Å². The van der Waals surface area contributed by atoms with E-state index in [2.05, 4.69) is 24.0 Å². The summed E-state index contributed by atoms with van der Waals surface area (Å²) in [6, 6.07) is 12.0. The predicted octanol–water partition coefficient (Wildman–Crippen LogP) is 3.63. The first-order valence-corrected chi connectivity index (χ1v) is 8.25. The Labute approximate surface area is 153 Å². The first-order chi connectivity index (χ1) is 12.6. The van der Waals surface area contributed by atoms with Crippen LogP contribution in [0.4, 0.5) is 5.69 Å². The van der Waals surface area contributed by atoms with Crippen molar-refractivity contribution in [1.82, 2.24) is 14.5 Å². The molecule has 2 N–H and O–H groups in total. The van der Waals surface area contributed by atoms with Crippen LogP contribution >= 0.6 is 0 Å². The van der Waals surface area contributed by atoms with Crippen LogP contribution in [0.25, 0.3) is 5.70 Å². The van der Waals surface area contributed by atoms with Crippen LogP contribution in [0.5, 0.6) is 0 Å². The molecule has 1 aromatic heterocycles. The molecular formula is C20H19N6. The number of nitrogens with two attached hydrogens (primary N) is 1. The van der Waals surface area contributed by atoms with Crippen LogP contribution in [0.15, 0.2) is 59.8 Å². The zero-order valence-electron chi connectivity index (χ0n) is 14.6. The number of benzene rings is 1. The SMILES string of the molecule is [CH2]CC(N1C(C)=C(C#N)CC(C#N)=C1c1cccc(N)c1)n1ccnc1. The summed E-state index contributed by atoms with van der Waals surface area (Å²) in [7, 11) is 0. The van der Waals surface area contributed by atoms with Crippen molar-refractivity contribution in [2.75, 3.05) is 5.73 Å². The molecule has 0 saturated carbocycles. The Morgan fingerprint density at radius 3 is 2.65 bits per heavy atom. The molecule has 1 atom stereocenters. The third kappa shape index (κ3) is 2.94. The highest BCUT2D eigenvalue weighted by molar-refractivity contribution is 5.76. The number of allylic oxidation sites excluding steroid dienone is 3. The number of nitrogens with zero attached hydrogens (tertiary/aromatic N) is 5. The molecule has 0 saturated heterocycles. The lowest BCUT2D eigenvalue weighted by Gasteiger charge is -2.39. The number of rotatable bonds is 4. The minimum atomic E-state index is -0.207. The van der Waals surface area contributed by atoms with E-state index in [0.29, 0.717) is 29.7 Å². The summed E-state index contributed by atoms with van der Waals surface area (Å²) in [4.78, 5) is 6.13. The highest BCUT2D eigenvalue weighted by Gasteiger charge is 2.31. The van der Waals surface area contributed by atoms with Crippen molar-refractivity contribution in [2.45, 2.75) is 25.9 Å². The summed E-state index contributed by atoms with van der Waals surface area (Å²) < 4.78 is 1.93. The number of aromatic nitrogens is 2. The van der Waals surface area contributed by atoms with Gasteiger partial charge in [-0.15, -0.1) is 0 Å². The van der Waals surface area contributed by atoms with Gasteiger partial charge >= 0.3 is 0 Å². The van der Waals surface area contributed by atoms with Gasteiger partial charge in [-0.25, -0.2) is 4.98 Å². The Morgan fingerprint density at radius 1 is 1.31 bits per heavy atom. The molecule has 26 heavy (non-hydrogen) atoms. The summed E-state index contributed by atoms with van der Waals surface area (Å²) in [5, 5.41) is 19.3. The number of nitriles is 2. The second-order valence-electron chi connectivity index (χ2n) is 6.07. The van der Waals surface area contributed by atoms with Crippen molar-refractivity contribution >= 4 is 11.4 Å². The smallest absolute Gasteiger partial charge is 0.111 e. The van der Waals surface area contributed by atoms with Crippen molar-refractivity contribution in [3.05, 3.63) is 72.3 Å². The lowest BCUT2D eigenvalue weighted by atomic mass is 9.93. The van der Waals surface area contributed by atoms with E-state index in [0.717, 1.165) is 17.0 Å². The maximum atomic E-state index is 9.76. The number of imidazole rings is 1. The number of nitrogen functional groups attached to an aromatic ring is 1. The van der Waals surface area contributed by atoms with Gasteiger partial charge in [-0.05, 0) is 32.4 Å². The number of anilines is 1. The first kappa shape index (κ1) is 17.3. The molecule has 1 aliphatic rings. The fourth-order valence-corrected chi connectivity index (χ4v) is 3.29. The third-order valence-corrected chi connectivity index (χ3v) is 4.53. The molecule has 3 rings (SSSR count). The summed E-state index contributed by atoms with van der Waals surface area (Å²) in [6.45, 7) is 5.97. The number of hydrogen-bond acceptors (Lipinski definition) is 5. The van der Waals surface area contributed by atoms with Crippen LogP contribution in [-0.2, 0) is 0 Å². The Bertz CT molecular complexity index is 953. The molecule has 0 fully saturated rings. The standard InChI is InChI=1S/C20H19N6/c1-3-19(25-8-7-24-13-25)26-14(2)16(11-21)9-17(12-22)20(26)15-5-4-6-18(23)10-15/h4-8,10,13,19H,1,3,9,23H2,2H3. The van der Waals surface area contributed by atoms with Gasteiger partial charge < -0.3 is 15.2 Å². The quantitative estimate of drug-likeness (QED) is 0.855. The summed E-state index contributed by atoms with van der Waals surface area (Å²) >= 11 is 0. The van der Waals surface area contributed by atoms with Gasteiger partial charge in [0.1, 0.15) is 6.17 Å². The van der Waals surface area contributed by atoms with Gasteiger partial charge in [0.2, 0.25) is 0 Å². The minimum absolute atomic E-state index is 0.207. The molecule has 0 amide bonds. The van der Waals surface area contributed by atoms with Gasteiger partial charge in [0.05, 0.1) is 35.3 Å². The molecular weight excluding hydrogens is 324 g/mol. The summed E-state index contributed by atoms with van der Waals surface area (Å²) in [6.07, 6.45) is 5.90. The van der Waals surface area contributed by atoms with E-state index in [9.17, 15) is 10.5 Å². The molecule has 1 unspecified atom stereocenters. The molecule has 6 nitrogen and oxygen atoms in total. The lowest BCUT2D eigenvalue weighted by molar-refractivity contribution is 0.264. The molecule has 6 heteroatoms. The highest BCUT2D eigenvalue weighted by Crippen LogP contribution is 2.41. The van der Waals surface area contributed by atoms with E-state index < -0.39 is 0 Å². The third-order valence-electron chi connectivity index (χ3n) is 4.53. The van der Waals surface area contributed by atoms with Gasteiger partial charge in [0.15, 0.2) is 0 Å². The van der Waals surface area contributed by atoms with Crippen molar-refractivity contribution in [1.29, 1.82) is 10.5 Å². The monoisotopic (exact) mass is 343 g/mol. The van der Waals surface area contributed by atoms with Crippen LogP contribution in [0.3, 0.4) is 0 Å². The van der Waals surface area contributed by atoms with Gasteiger partial charge in [0, 0.05) is 35.8 Å². The predicted molar refractivity (Wildman–Crippen MR) is 99.4 cm³/mol. The van der Waals surface area contributed by atoms with E-state index in [1.54, 1.807) is 18.6 Å². The van der Waals surface area contributed by atoms with Gasteiger partial charge in [-0.1, -0.05) is 12.1 Å². The molecule has 1 aliphatic heterocycles. The van der Waals surface area contributed by atoms with E-state index in [1.807, 2.05) is 40.8 Å². The fourth-order valence-electron chi connectivity index (χ4n) is 3.29. The summed E-state index contributed by atoms with van der Waals surface area (Å²) in [5.41, 5.74) is 10.1. The van der Waals surface area contributed by atoms with E-state index in [1.165, 1.54) is 0 Å². The van der Waals surface area contributed by atoms with Crippen LogP contribution < -0.4 is 5.73 Å². The minimum Gasteiger partial charge on any atom is -0.399 e. The Morgan fingerprint density at radius 2 is 2.08 bits per heavy atom. The van der Waals surface area contributed by atoms with Crippen molar-refractivity contribution < 1.29 is 0 Å². The lowest BCUT2D eigenvalue weighted by Crippen LogP contribution is -2.33. The molecule has 2 heterocycles. The molecule has 0 aliphatic carbocycles. The maximum absolute atomic E-state index is 9.76. The fraction of sp³-hybridized carbons (Fsp3) is 0.200. The Kier molecular flexibility index (Phi) is 4.77. The molecule has 1 radical (unpaired) electrons.